The van der Waals surface area contributed by atoms with E-state index in [4.69, 9.17) is 4.52 Å². The van der Waals surface area contributed by atoms with Crippen molar-refractivity contribution in [2.45, 2.75) is 32.9 Å². The molecule has 0 saturated heterocycles. The van der Waals surface area contributed by atoms with E-state index in [2.05, 4.69) is 20.7 Å². The van der Waals surface area contributed by atoms with E-state index in [1.807, 2.05) is 4.57 Å². The van der Waals surface area contributed by atoms with Gasteiger partial charge in [0.1, 0.15) is 5.82 Å². The zero-order valence-corrected chi connectivity index (χ0v) is 10.0. The van der Waals surface area contributed by atoms with Gasteiger partial charge in [0.15, 0.2) is 5.82 Å². The number of aryl methyl sites for hydroxylation is 2. The number of hydrogen-bond donors (Lipinski definition) is 1. The van der Waals surface area contributed by atoms with Gasteiger partial charge in [-0.3, -0.25) is 4.79 Å². The van der Waals surface area contributed by atoms with Crippen LogP contribution in [0.3, 0.4) is 0 Å². The molecule has 94 valence electrons. The first kappa shape index (κ1) is 10.9. The normalized spacial score (nSPS) is 13.6. The van der Waals surface area contributed by atoms with Crippen molar-refractivity contribution in [3.8, 4) is 0 Å². The highest BCUT2D eigenvalue weighted by Gasteiger charge is 2.18. The molecule has 1 N–H and O–H groups in total. The van der Waals surface area contributed by atoms with Gasteiger partial charge < -0.3 is 14.4 Å². The van der Waals surface area contributed by atoms with Crippen LogP contribution in [0.2, 0.25) is 0 Å². The SMILES string of the molecule is Cc1cc(C(=O)NCc2nnc3n2CCC3)on1. The average molecular weight is 247 g/mol. The molecule has 0 unspecified atom stereocenters. The molecular weight excluding hydrogens is 234 g/mol. The fraction of sp³-hybridized carbons (Fsp3) is 0.455. The lowest BCUT2D eigenvalue weighted by atomic mass is 10.3. The maximum Gasteiger partial charge on any atom is 0.290 e. The molecule has 18 heavy (non-hydrogen) atoms. The second kappa shape index (κ2) is 4.25. The molecule has 3 heterocycles. The summed E-state index contributed by atoms with van der Waals surface area (Å²) in [5, 5.41) is 14.6. The summed E-state index contributed by atoms with van der Waals surface area (Å²) < 4.78 is 6.93. The van der Waals surface area contributed by atoms with Crippen LogP contribution >= 0.6 is 0 Å². The monoisotopic (exact) mass is 247 g/mol. The summed E-state index contributed by atoms with van der Waals surface area (Å²) in [5.41, 5.74) is 0.684. The van der Waals surface area contributed by atoms with E-state index in [9.17, 15) is 4.79 Å². The minimum atomic E-state index is -0.286. The predicted molar refractivity (Wildman–Crippen MR) is 60.8 cm³/mol. The maximum atomic E-state index is 11.8. The van der Waals surface area contributed by atoms with Gasteiger partial charge in [-0.05, 0) is 13.3 Å². The van der Waals surface area contributed by atoms with Gasteiger partial charge in [0.2, 0.25) is 5.76 Å². The number of amides is 1. The fourth-order valence-electron chi connectivity index (χ4n) is 2.06. The van der Waals surface area contributed by atoms with E-state index in [0.29, 0.717) is 12.2 Å². The van der Waals surface area contributed by atoms with Gasteiger partial charge in [0.05, 0.1) is 12.2 Å². The quantitative estimate of drug-likeness (QED) is 0.851. The zero-order chi connectivity index (χ0) is 12.5. The minimum absolute atomic E-state index is 0.216. The molecule has 0 aromatic carbocycles. The lowest BCUT2D eigenvalue weighted by Crippen LogP contribution is -2.24. The van der Waals surface area contributed by atoms with Crippen molar-refractivity contribution in [1.29, 1.82) is 0 Å². The number of carbonyl (C=O) groups is 1. The highest BCUT2D eigenvalue weighted by atomic mass is 16.5. The van der Waals surface area contributed by atoms with E-state index >= 15 is 0 Å². The van der Waals surface area contributed by atoms with E-state index < -0.39 is 0 Å². The summed E-state index contributed by atoms with van der Waals surface area (Å²) in [6, 6.07) is 1.60. The minimum Gasteiger partial charge on any atom is -0.351 e. The molecule has 0 radical (unpaired) electrons. The van der Waals surface area contributed by atoms with Gasteiger partial charge in [-0.15, -0.1) is 10.2 Å². The van der Waals surface area contributed by atoms with Crippen LogP contribution in [-0.2, 0) is 19.5 Å². The van der Waals surface area contributed by atoms with Crippen molar-refractivity contribution in [3.63, 3.8) is 0 Å². The Morgan fingerprint density at radius 1 is 1.56 bits per heavy atom. The van der Waals surface area contributed by atoms with Gasteiger partial charge in [0, 0.05) is 19.0 Å². The van der Waals surface area contributed by atoms with Crippen LogP contribution in [0.4, 0.5) is 0 Å². The van der Waals surface area contributed by atoms with Crippen molar-refractivity contribution in [2.24, 2.45) is 0 Å². The first-order valence-electron chi connectivity index (χ1n) is 5.86. The van der Waals surface area contributed by atoms with Crippen molar-refractivity contribution >= 4 is 5.91 Å². The fourth-order valence-corrected chi connectivity index (χ4v) is 2.06. The Bertz CT molecular complexity index is 586. The molecular formula is C11H13N5O2. The molecule has 0 saturated carbocycles. The maximum absolute atomic E-state index is 11.8. The van der Waals surface area contributed by atoms with Crippen molar-refractivity contribution in [3.05, 3.63) is 29.2 Å². The number of fused-ring (bicyclic) bond motifs is 1. The van der Waals surface area contributed by atoms with Crippen LogP contribution in [0.25, 0.3) is 0 Å². The van der Waals surface area contributed by atoms with Crippen LogP contribution in [0.5, 0.6) is 0 Å². The van der Waals surface area contributed by atoms with E-state index in [0.717, 1.165) is 31.0 Å². The Morgan fingerprint density at radius 2 is 2.44 bits per heavy atom. The zero-order valence-electron chi connectivity index (χ0n) is 10.0. The number of carbonyl (C=O) groups excluding carboxylic acids is 1. The standard InChI is InChI=1S/C11H13N5O2/c1-7-5-8(18-15-7)11(17)12-6-10-14-13-9-3-2-4-16(9)10/h5H,2-4,6H2,1H3,(H,12,17). The van der Waals surface area contributed by atoms with Gasteiger partial charge in [0.25, 0.3) is 5.91 Å². The Labute approximate surface area is 103 Å². The lowest BCUT2D eigenvalue weighted by Gasteiger charge is -2.03. The number of nitrogens with zero attached hydrogens (tertiary/aromatic N) is 4. The third kappa shape index (κ3) is 1.87. The largest absolute Gasteiger partial charge is 0.351 e. The molecule has 1 aliphatic rings. The predicted octanol–water partition coefficient (Wildman–Crippen LogP) is 0.451. The van der Waals surface area contributed by atoms with E-state index in [-0.39, 0.29) is 11.7 Å². The van der Waals surface area contributed by atoms with Crippen LogP contribution in [0.15, 0.2) is 10.6 Å². The van der Waals surface area contributed by atoms with Crippen LogP contribution < -0.4 is 5.32 Å². The molecule has 1 amide bonds. The third-order valence-corrected chi connectivity index (χ3v) is 2.94. The average Bonchev–Trinajstić information content (AvgIpc) is 3.02. The van der Waals surface area contributed by atoms with Gasteiger partial charge >= 0.3 is 0 Å². The van der Waals surface area contributed by atoms with Crippen molar-refractivity contribution in [1.82, 2.24) is 25.2 Å². The molecule has 0 atom stereocenters. The van der Waals surface area contributed by atoms with Crippen LogP contribution in [0.1, 0.15) is 34.3 Å². The summed E-state index contributed by atoms with van der Waals surface area (Å²) in [6.45, 7) is 3.05. The summed E-state index contributed by atoms with van der Waals surface area (Å²) in [5.74, 6) is 1.71. The first-order valence-corrected chi connectivity index (χ1v) is 5.86. The molecule has 0 fully saturated rings. The molecule has 3 rings (SSSR count). The van der Waals surface area contributed by atoms with Crippen molar-refractivity contribution in [2.75, 3.05) is 0 Å². The molecule has 1 aliphatic heterocycles. The van der Waals surface area contributed by atoms with Gasteiger partial charge in [-0.25, -0.2) is 0 Å². The number of nitrogens with one attached hydrogen (secondary N) is 1. The van der Waals surface area contributed by atoms with Gasteiger partial charge in [-0.1, -0.05) is 5.16 Å². The highest BCUT2D eigenvalue weighted by Crippen LogP contribution is 2.13. The first-order chi connectivity index (χ1) is 8.74. The highest BCUT2D eigenvalue weighted by molar-refractivity contribution is 5.91. The Kier molecular flexibility index (Phi) is 2.58. The Balaban J connectivity index is 1.66. The summed E-state index contributed by atoms with van der Waals surface area (Å²) in [4.78, 5) is 11.8. The number of hydrogen-bond acceptors (Lipinski definition) is 5. The Morgan fingerprint density at radius 3 is 3.22 bits per heavy atom. The van der Waals surface area contributed by atoms with E-state index in [1.54, 1.807) is 13.0 Å². The third-order valence-electron chi connectivity index (χ3n) is 2.94. The van der Waals surface area contributed by atoms with Gasteiger partial charge in [-0.2, -0.15) is 0 Å². The number of rotatable bonds is 3. The lowest BCUT2D eigenvalue weighted by molar-refractivity contribution is 0.0912. The smallest absolute Gasteiger partial charge is 0.290 e. The second-order valence-electron chi connectivity index (χ2n) is 4.30. The molecule has 2 aromatic rings. The molecule has 0 spiro atoms. The summed E-state index contributed by atoms with van der Waals surface area (Å²) in [7, 11) is 0. The second-order valence-corrected chi connectivity index (χ2v) is 4.30. The van der Waals surface area contributed by atoms with E-state index in [1.165, 1.54) is 0 Å². The van der Waals surface area contributed by atoms with Crippen molar-refractivity contribution < 1.29 is 9.32 Å². The molecule has 0 bridgehead atoms. The molecule has 7 heteroatoms. The molecule has 2 aromatic heterocycles. The number of aromatic nitrogens is 4. The van der Waals surface area contributed by atoms with Crippen LogP contribution in [-0.4, -0.2) is 25.8 Å². The summed E-state index contributed by atoms with van der Waals surface area (Å²) >= 11 is 0. The topological polar surface area (TPSA) is 85.8 Å². The molecule has 0 aliphatic carbocycles. The van der Waals surface area contributed by atoms with Crippen LogP contribution in [0, 0.1) is 6.92 Å². The Hall–Kier alpha value is -2.18. The molecule has 7 nitrogen and oxygen atoms in total. The summed E-state index contributed by atoms with van der Waals surface area (Å²) in [6.07, 6.45) is 2.05.